The Morgan fingerprint density at radius 2 is 2.12 bits per heavy atom. The van der Waals surface area contributed by atoms with E-state index in [0.717, 1.165) is 11.3 Å². The van der Waals surface area contributed by atoms with E-state index in [2.05, 4.69) is 15.3 Å². The molecule has 5 N–H and O–H groups in total. The van der Waals surface area contributed by atoms with Crippen LogP contribution in [0.3, 0.4) is 0 Å². The van der Waals surface area contributed by atoms with Crippen molar-refractivity contribution in [1.82, 2.24) is 15.3 Å². The molecule has 0 unspecified atom stereocenters. The molecule has 1 aromatic heterocycles. The predicted molar refractivity (Wildman–Crippen MR) is 63.3 cm³/mol. The molecule has 0 aliphatic heterocycles. The van der Waals surface area contributed by atoms with Crippen LogP contribution in [-0.4, -0.2) is 21.2 Å². The van der Waals surface area contributed by atoms with E-state index in [-0.39, 0.29) is 6.54 Å². The van der Waals surface area contributed by atoms with Gasteiger partial charge in [-0.25, -0.2) is 9.78 Å². The number of anilines is 1. The van der Waals surface area contributed by atoms with Crippen LogP contribution in [0.4, 0.5) is 10.5 Å². The normalized spacial score (nSPS) is 10.1. The maximum absolute atomic E-state index is 10.3. The van der Waals surface area contributed by atoms with Crippen molar-refractivity contribution in [2.24, 2.45) is 0 Å². The van der Waals surface area contributed by atoms with Crippen molar-refractivity contribution >= 4 is 11.8 Å². The summed E-state index contributed by atoms with van der Waals surface area (Å²) in [6.07, 6.45) is 0.653. The molecule has 0 atom stereocenters. The van der Waals surface area contributed by atoms with Crippen LogP contribution in [0, 0.1) is 0 Å². The zero-order chi connectivity index (χ0) is 12.3. The number of benzene rings is 1. The molecule has 1 amide bonds. The van der Waals surface area contributed by atoms with Crippen LogP contribution in [0.5, 0.6) is 0 Å². The summed E-state index contributed by atoms with van der Waals surface area (Å²) in [5, 5.41) is 10.7. The molecular weight excluding hydrogens is 220 g/mol. The quantitative estimate of drug-likeness (QED) is 0.601. The second kappa shape index (κ2) is 4.56. The number of carbonyl (C=O) groups is 1. The lowest BCUT2D eigenvalue weighted by Crippen LogP contribution is -2.20. The van der Waals surface area contributed by atoms with Gasteiger partial charge in [-0.05, 0) is 12.1 Å². The van der Waals surface area contributed by atoms with E-state index < -0.39 is 6.09 Å². The lowest BCUT2D eigenvalue weighted by molar-refractivity contribution is 0.193. The molecule has 0 bridgehead atoms. The molecule has 2 rings (SSSR count). The third-order valence-electron chi connectivity index (χ3n) is 2.24. The van der Waals surface area contributed by atoms with Crippen molar-refractivity contribution in [1.29, 1.82) is 0 Å². The monoisotopic (exact) mass is 232 g/mol. The highest BCUT2D eigenvalue weighted by molar-refractivity contribution is 5.64. The van der Waals surface area contributed by atoms with Crippen LogP contribution in [0.25, 0.3) is 11.3 Å². The van der Waals surface area contributed by atoms with E-state index in [9.17, 15) is 4.79 Å². The van der Waals surface area contributed by atoms with E-state index in [0.29, 0.717) is 11.5 Å². The molecule has 0 radical (unpaired) electrons. The minimum absolute atomic E-state index is 0.157. The predicted octanol–water partition coefficient (Wildman–Crippen LogP) is 1.43. The number of nitrogen functional groups attached to an aromatic ring is 1. The van der Waals surface area contributed by atoms with Crippen LogP contribution >= 0.6 is 0 Å². The first-order chi connectivity index (χ1) is 8.15. The van der Waals surface area contributed by atoms with Crippen molar-refractivity contribution in [3.05, 3.63) is 36.3 Å². The number of imidazole rings is 1. The minimum atomic E-state index is -1.07. The second-order valence-corrected chi connectivity index (χ2v) is 3.51. The van der Waals surface area contributed by atoms with Crippen LogP contribution in [-0.2, 0) is 6.54 Å². The lowest BCUT2D eigenvalue weighted by Gasteiger charge is -1.97. The maximum Gasteiger partial charge on any atom is 0.405 e. The SMILES string of the molecule is Nc1ccc(-c2c[nH]c(CNC(=O)O)n2)cc1. The fourth-order valence-electron chi connectivity index (χ4n) is 1.41. The van der Waals surface area contributed by atoms with Gasteiger partial charge < -0.3 is 21.1 Å². The summed E-state index contributed by atoms with van der Waals surface area (Å²) in [4.78, 5) is 17.5. The number of H-pyrrole nitrogens is 1. The fourth-order valence-corrected chi connectivity index (χ4v) is 1.41. The van der Waals surface area contributed by atoms with Gasteiger partial charge in [0.25, 0.3) is 0 Å². The summed E-state index contributed by atoms with van der Waals surface area (Å²) in [7, 11) is 0. The Hall–Kier alpha value is -2.50. The summed E-state index contributed by atoms with van der Waals surface area (Å²) in [6, 6.07) is 7.30. The molecule has 88 valence electrons. The molecular formula is C11H12N4O2. The molecule has 1 aromatic carbocycles. The average molecular weight is 232 g/mol. The van der Waals surface area contributed by atoms with Gasteiger partial charge in [0.1, 0.15) is 5.82 Å². The summed E-state index contributed by atoms with van der Waals surface area (Å²) in [5.41, 5.74) is 7.96. The largest absolute Gasteiger partial charge is 0.465 e. The highest BCUT2D eigenvalue weighted by Crippen LogP contribution is 2.18. The van der Waals surface area contributed by atoms with Crippen LogP contribution < -0.4 is 11.1 Å². The molecule has 0 spiro atoms. The number of hydrogen-bond acceptors (Lipinski definition) is 3. The van der Waals surface area contributed by atoms with Gasteiger partial charge >= 0.3 is 6.09 Å². The van der Waals surface area contributed by atoms with E-state index in [1.807, 2.05) is 12.1 Å². The van der Waals surface area contributed by atoms with E-state index in [4.69, 9.17) is 10.8 Å². The van der Waals surface area contributed by atoms with Crippen LogP contribution in [0.2, 0.25) is 0 Å². The summed E-state index contributed by atoms with van der Waals surface area (Å²) in [5.74, 6) is 0.569. The number of aromatic nitrogens is 2. The molecule has 1 heterocycles. The van der Waals surface area contributed by atoms with E-state index >= 15 is 0 Å². The van der Waals surface area contributed by atoms with Gasteiger partial charge in [-0.1, -0.05) is 12.1 Å². The fraction of sp³-hybridized carbons (Fsp3) is 0.0909. The Balaban J connectivity index is 2.12. The minimum Gasteiger partial charge on any atom is -0.465 e. The lowest BCUT2D eigenvalue weighted by atomic mass is 10.1. The molecule has 0 aliphatic carbocycles. The van der Waals surface area contributed by atoms with Crippen LogP contribution in [0.1, 0.15) is 5.82 Å². The average Bonchev–Trinajstić information content (AvgIpc) is 2.76. The van der Waals surface area contributed by atoms with Gasteiger partial charge in [0.05, 0.1) is 12.2 Å². The summed E-state index contributed by atoms with van der Waals surface area (Å²) in [6.45, 7) is 0.157. The first-order valence-electron chi connectivity index (χ1n) is 5.02. The van der Waals surface area contributed by atoms with Crippen molar-refractivity contribution < 1.29 is 9.90 Å². The zero-order valence-corrected chi connectivity index (χ0v) is 8.97. The number of nitrogens with zero attached hydrogens (tertiary/aromatic N) is 1. The number of carboxylic acid groups (broad SMARTS) is 1. The number of aromatic amines is 1. The molecule has 0 fully saturated rings. The standard InChI is InChI=1S/C11H12N4O2/c12-8-3-1-7(2-4-8)9-5-13-10(15-9)6-14-11(16)17/h1-5,14H,6,12H2,(H,13,15)(H,16,17). The molecule has 17 heavy (non-hydrogen) atoms. The Morgan fingerprint density at radius 1 is 1.41 bits per heavy atom. The third kappa shape index (κ3) is 2.75. The van der Waals surface area contributed by atoms with Gasteiger partial charge in [-0.2, -0.15) is 0 Å². The number of nitrogens with two attached hydrogens (primary N) is 1. The number of hydrogen-bond donors (Lipinski definition) is 4. The molecule has 6 nitrogen and oxygen atoms in total. The molecule has 0 saturated carbocycles. The van der Waals surface area contributed by atoms with Gasteiger partial charge in [0, 0.05) is 17.4 Å². The van der Waals surface area contributed by atoms with Crippen LogP contribution in [0.15, 0.2) is 30.5 Å². The number of nitrogens with one attached hydrogen (secondary N) is 2. The van der Waals surface area contributed by atoms with E-state index in [1.54, 1.807) is 18.3 Å². The Morgan fingerprint density at radius 3 is 2.76 bits per heavy atom. The Bertz CT molecular complexity index is 519. The smallest absolute Gasteiger partial charge is 0.405 e. The maximum atomic E-state index is 10.3. The summed E-state index contributed by atoms with van der Waals surface area (Å²) >= 11 is 0. The molecule has 0 aliphatic rings. The molecule has 6 heteroatoms. The number of amides is 1. The van der Waals surface area contributed by atoms with Gasteiger partial charge in [0.2, 0.25) is 0 Å². The Kier molecular flexibility index (Phi) is 2.95. The van der Waals surface area contributed by atoms with Crippen molar-refractivity contribution in [3.63, 3.8) is 0 Å². The van der Waals surface area contributed by atoms with Gasteiger partial charge in [-0.3, -0.25) is 0 Å². The first kappa shape index (κ1) is 11.0. The highest BCUT2D eigenvalue weighted by atomic mass is 16.4. The van der Waals surface area contributed by atoms with Crippen molar-refractivity contribution in [2.45, 2.75) is 6.54 Å². The van der Waals surface area contributed by atoms with Gasteiger partial charge in [-0.15, -0.1) is 0 Å². The van der Waals surface area contributed by atoms with Gasteiger partial charge in [0.15, 0.2) is 0 Å². The van der Waals surface area contributed by atoms with Crippen molar-refractivity contribution in [2.75, 3.05) is 5.73 Å². The molecule has 0 saturated heterocycles. The summed E-state index contributed by atoms with van der Waals surface area (Å²) < 4.78 is 0. The van der Waals surface area contributed by atoms with E-state index in [1.165, 1.54) is 0 Å². The Labute approximate surface area is 97.5 Å². The highest BCUT2D eigenvalue weighted by Gasteiger charge is 2.04. The topological polar surface area (TPSA) is 104 Å². The first-order valence-corrected chi connectivity index (χ1v) is 5.02. The van der Waals surface area contributed by atoms with Crippen molar-refractivity contribution in [3.8, 4) is 11.3 Å². The zero-order valence-electron chi connectivity index (χ0n) is 8.97. The second-order valence-electron chi connectivity index (χ2n) is 3.51. The number of rotatable bonds is 3. The molecule has 2 aromatic rings. The third-order valence-corrected chi connectivity index (χ3v) is 2.24.